The number of hydrogen-bond acceptors (Lipinski definition) is 5. The minimum absolute atomic E-state index is 0.180. The van der Waals surface area contributed by atoms with Crippen LogP contribution in [0, 0.1) is 0 Å². The molecule has 2 aromatic heterocycles. The fourth-order valence-electron chi connectivity index (χ4n) is 2.14. The molecule has 0 saturated carbocycles. The molecular formula is C15H16N4S. The summed E-state index contributed by atoms with van der Waals surface area (Å²) in [6.07, 6.45) is 1.60. The lowest BCUT2D eigenvalue weighted by atomic mass is 10.1. The molecule has 1 aromatic carbocycles. The maximum atomic E-state index is 5.62. The lowest BCUT2D eigenvalue weighted by molar-refractivity contribution is 0.873. The maximum absolute atomic E-state index is 5.62. The van der Waals surface area contributed by atoms with E-state index < -0.39 is 0 Å². The number of anilines is 1. The van der Waals surface area contributed by atoms with Gasteiger partial charge in [0.1, 0.15) is 17.0 Å². The molecule has 0 spiro atoms. The van der Waals surface area contributed by atoms with Crippen LogP contribution in [-0.4, -0.2) is 9.97 Å². The molecule has 5 heteroatoms. The lowest BCUT2D eigenvalue weighted by Gasteiger charge is -2.15. The molecule has 3 N–H and O–H groups in total. The highest BCUT2D eigenvalue weighted by atomic mass is 32.1. The first-order valence-corrected chi connectivity index (χ1v) is 7.39. The Hall–Kier alpha value is -1.98. The number of hydrogen-bond donors (Lipinski definition) is 2. The van der Waals surface area contributed by atoms with Gasteiger partial charge < -0.3 is 11.1 Å². The fourth-order valence-corrected chi connectivity index (χ4v) is 2.87. The first kappa shape index (κ1) is 13.0. The lowest BCUT2D eigenvalue weighted by Crippen LogP contribution is -2.08. The van der Waals surface area contributed by atoms with E-state index in [1.54, 1.807) is 17.7 Å². The SMILES string of the molecule is CC(Nc1ncnc2sccc12)c1ccc(CN)cc1. The van der Waals surface area contributed by atoms with Crippen LogP contribution in [0.3, 0.4) is 0 Å². The van der Waals surface area contributed by atoms with Crippen molar-refractivity contribution in [1.82, 2.24) is 9.97 Å². The number of fused-ring (bicyclic) bond motifs is 1. The predicted octanol–water partition coefficient (Wildman–Crippen LogP) is 3.32. The van der Waals surface area contributed by atoms with Crippen molar-refractivity contribution in [2.45, 2.75) is 19.5 Å². The standard InChI is InChI=1S/C15H16N4S/c1-10(12-4-2-11(8-16)3-5-12)19-14-13-6-7-20-15(13)18-9-17-14/h2-7,9-10H,8,16H2,1H3,(H,17,18,19). The van der Waals surface area contributed by atoms with Crippen LogP contribution in [0.4, 0.5) is 5.82 Å². The highest BCUT2D eigenvalue weighted by Crippen LogP contribution is 2.27. The monoisotopic (exact) mass is 284 g/mol. The zero-order valence-electron chi connectivity index (χ0n) is 11.2. The van der Waals surface area contributed by atoms with Gasteiger partial charge in [-0.1, -0.05) is 24.3 Å². The zero-order valence-corrected chi connectivity index (χ0v) is 12.0. The van der Waals surface area contributed by atoms with Gasteiger partial charge in [0.2, 0.25) is 0 Å². The minimum Gasteiger partial charge on any atom is -0.363 e. The molecule has 0 bridgehead atoms. The number of nitrogens with two attached hydrogens (primary N) is 1. The molecule has 1 unspecified atom stereocenters. The zero-order chi connectivity index (χ0) is 13.9. The van der Waals surface area contributed by atoms with Crippen molar-refractivity contribution in [2.24, 2.45) is 5.73 Å². The van der Waals surface area contributed by atoms with Crippen LogP contribution in [0.2, 0.25) is 0 Å². The Balaban J connectivity index is 1.84. The van der Waals surface area contributed by atoms with Gasteiger partial charge in [0.05, 0.1) is 5.39 Å². The van der Waals surface area contributed by atoms with Crippen molar-refractivity contribution in [3.05, 3.63) is 53.2 Å². The van der Waals surface area contributed by atoms with Crippen LogP contribution < -0.4 is 11.1 Å². The van der Waals surface area contributed by atoms with Gasteiger partial charge in [0.15, 0.2) is 0 Å². The van der Waals surface area contributed by atoms with Crippen molar-refractivity contribution in [3.8, 4) is 0 Å². The van der Waals surface area contributed by atoms with Crippen LogP contribution in [0.15, 0.2) is 42.0 Å². The molecule has 102 valence electrons. The summed E-state index contributed by atoms with van der Waals surface area (Å²) in [6, 6.07) is 10.6. The number of thiophene rings is 1. The largest absolute Gasteiger partial charge is 0.363 e. The molecule has 20 heavy (non-hydrogen) atoms. The summed E-state index contributed by atoms with van der Waals surface area (Å²) in [4.78, 5) is 9.61. The first-order chi connectivity index (χ1) is 9.78. The van der Waals surface area contributed by atoms with E-state index in [9.17, 15) is 0 Å². The average molecular weight is 284 g/mol. The van der Waals surface area contributed by atoms with Crippen LogP contribution >= 0.6 is 11.3 Å². The van der Waals surface area contributed by atoms with E-state index in [-0.39, 0.29) is 6.04 Å². The van der Waals surface area contributed by atoms with E-state index in [2.05, 4.69) is 46.5 Å². The molecule has 0 fully saturated rings. The smallest absolute Gasteiger partial charge is 0.138 e. The van der Waals surface area contributed by atoms with Crippen molar-refractivity contribution in [1.29, 1.82) is 0 Å². The molecule has 3 aromatic rings. The molecular weight excluding hydrogens is 268 g/mol. The normalized spacial score (nSPS) is 12.5. The summed E-state index contributed by atoms with van der Waals surface area (Å²) in [5, 5.41) is 6.55. The molecule has 1 atom stereocenters. The van der Waals surface area contributed by atoms with Gasteiger partial charge in [-0.3, -0.25) is 0 Å². The minimum atomic E-state index is 0.180. The Bertz CT molecular complexity index is 705. The topological polar surface area (TPSA) is 63.8 Å². The van der Waals surface area contributed by atoms with E-state index >= 15 is 0 Å². The van der Waals surface area contributed by atoms with Crippen molar-refractivity contribution >= 4 is 27.4 Å². The summed E-state index contributed by atoms with van der Waals surface area (Å²) >= 11 is 1.62. The van der Waals surface area contributed by atoms with E-state index in [0.717, 1.165) is 21.6 Å². The Morgan fingerprint density at radius 3 is 2.75 bits per heavy atom. The molecule has 0 radical (unpaired) electrons. The Morgan fingerprint density at radius 1 is 1.20 bits per heavy atom. The highest BCUT2D eigenvalue weighted by Gasteiger charge is 2.09. The first-order valence-electron chi connectivity index (χ1n) is 6.51. The molecule has 0 aliphatic carbocycles. The molecule has 0 amide bonds. The summed E-state index contributed by atoms with van der Waals surface area (Å²) in [7, 11) is 0. The Morgan fingerprint density at radius 2 is 2.00 bits per heavy atom. The maximum Gasteiger partial charge on any atom is 0.138 e. The summed E-state index contributed by atoms with van der Waals surface area (Å²) in [6.45, 7) is 2.70. The van der Waals surface area contributed by atoms with Gasteiger partial charge in [-0.15, -0.1) is 11.3 Å². The predicted molar refractivity (Wildman–Crippen MR) is 83.8 cm³/mol. The molecule has 0 aliphatic heterocycles. The molecule has 2 heterocycles. The van der Waals surface area contributed by atoms with Crippen molar-refractivity contribution < 1.29 is 0 Å². The molecule has 0 aliphatic rings. The molecule has 0 saturated heterocycles. The van der Waals surface area contributed by atoms with Crippen molar-refractivity contribution in [3.63, 3.8) is 0 Å². The van der Waals surface area contributed by atoms with Gasteiger partial charge in [-0.25, -0.2) is 9.97 Å². The second kappa shape index (κ2) is 5.56. The van der Waals surface area contributed by atoms with E-state index in [1.807, 2.05) is 11.4 Å². The summed E-state index contributed by atoms with van der Waals surface area (Å²) < 4.78 is 0. The fraction of sp³-hybridized carbons (Fsp3) is 0.200. The molecule has 3 rings (SSSR count). The second-order valence-corrected chi connectivity index (χ2v) is 5.57. The highest BCUT2D eigenvalue weighted by molar-refractivity contribution is 7.16. The van der Waals surface area contributed by atoms with E-state index in [1.165, 1.54) is 5.56 Å². The summed E-state index contributed by atoms with van der Waals surface area (Å²) in [5.74, 6) is 0.881. The van der Waals surface area contributed by atoms with Crippen LogP contribution in [0.25, 0.3) is 10.2 Å². The number of benzene rings is 1. The average Bonchev–Trinajstić information content (AvgIpc) is 2.97. The van der Waals surface area contributed by atoms with Crippen molar-refractivity contribution in [2.75, 3.05) is 5.32 Å². The van der Waals surface area contributed by atoms with Gasteiger partial charge in [-0.05, 0) is 29.5 Å². The Kier molecular flexibility index (Phi) is 3.62. The van der Waals surface area contributed by atoms with Gasteiger partial charge >= 0.3 is 0 Å². The third-order valence-electron chi connectivity index (χ3n) is 3.33. The van der Waals surface area contributed by atoms with E-state index in [4.69, 9.17) is 5.73 Å². The summed E-state index contributed by atoms with van der Waals surface area (Å²) in [5.41, 5.74) is 7.97. The Labute approximate surface area is 121 Å². The van der Waals surface area contributed by atoms with Gasteiger partial charge in [-0.2, -0.15) is 0 Å². The third kappa shape index (κ3) is 2.50. The number of nitrogens with one attached hydrogen (secondary N) is 1. The number of rotatable bonds is 4. The molecule has 4 nitrogen and oxygen atoms in total. The quantitative estimate of drug-likeness (QED) is 0.771. The second-order valence-electron chi connectivity index (χ2n) is 4.67. The van der Waals surface area contributed by atoms with Gasteiger partial charge in [0.25, 0.3) is 0 Å². The van der Waals surface area contributed by atoms with E-state index in [0.29, 0.717) is 6.54 Å². The van der Waals surface area contributed by atoms with Crippen LogP contribution in [0.5, 0.6) is 0 Å². The van der Waals surface area contributed by atoms with Crippen LogP contribution in [0.1, 0.15) is 24.1 Å². The number of nitrogens with zero attached hydrogens (tertiary/aromatic N) is 2. The number of aromatic nitrogens is 2. The van der Waals surface area contributed by atoms with Gasteiger partial charge in [0, 0.05) is 12.6 Å². The van der Waals surface area contributed by atoms with Crippen LogP contribution in [-0.2, 0) is 6.54 Å². The third-order valence-corrected chi connectivity index (χ3v) is 4.15.